The van der Waals surface area contributed by atoms with Crippen LogP contribution < -0.4 is 32.3 Å². The lowest BCUT2D eigenvalue weighted by atomic mass is 10.0. The van der Waals surface area contributed by atoms with Crippen molar-refractivity contribution in [2.75, 3.05) is 0 Å². The molecule has 1 aromatic heterocycles. The Morgan fingerprint density at radius 3 is 1.74 bits per heavy atom. The van der Waals surface area contributed by atoms with Gasteiger partial charge in [-0.05, 0) is 36.8 Å². The molecule has 0 spiro atoms. The number of hydrogen-bond donors (Lipinski definition) is 8. The lowest BCUT2D eigenvalue weighted by Crippen LogP contribution is -2.59. The van der Waals surface area contributed by atoms with Gasteiger partial charge in [0.25, 0.3) is 0 Å². The molecule has 16 heteroatoms. The average molecular weight is 675 g/mol. The summed E-state index contributed by atoms with van der Waals surface area (Å²) in [5.41, 5.74) is 6.34. The number of aliphatic carboxylic acids is 2. The van der Waals surface area contributed by atoms with Crippen LogP contribution in [0.25, 0.3) is 0 Å². The molecule has 0 aliphatic rings. The number of carboxylic acids is 2. The molecule has 15 nitrogen and oxygen atoms in total. The highest BCUT2D eigenvalue weighted by atomic mass is 32.1. The first kappa shape index (κ1) is 38.4. The van der Waals surface area contributed by atoms with Crippen LogP contribution in [0.5, 0.6) is 0 Å². The molecule has 9 N–H and O–H groups in total. The van der Waals surface area contributed by atoms with Crippen molar-refractivity contribution in [2.24, 2.45) is 11.7 Å². The molecule has 47 heavy (non-hydrogen) atoms. The Morgan fingerprint density at radius 1 is 0.681 bits per heavy atom. The Labute approximate surface area is 276 Å². The third-order valence-corrected chi connectivity index (χ3v) is 7.90. The summed E-state index contributed by atoms with van der Waals surface area (Å²) in [7, 11) is 0. The quantitative estimate of drug-likeness (QED) is 0.101. The minimum absolute atomic E-state index is 0.0451. The minimum Gasteiger partial charge on any atom is -0.481 e. The second kappa shape index (κ2) is 18.3. The van der Waals surface area contributed by atoms with Crippen LogP contribution in [-0.2, 0) is 46.4 Å². The summed E-state index contributed by atoms with van der Waals surface area (Å²) in [5, 5.41) is 32.7. The largest absolute Gasteiger partial charge is 0.481 e. The summed E-state index contributed by atoms with van der Waals surface area (Å²) in [5.74, 6) is -6.75. The van der Waals surface area contributed by atoms with Gasteiger partial charge in [-0.1, -0.05) is 50.2 Å². The first-order valence-electron chi connectivity index (χ1n) is 14.9. The van der Waals surface area contributed by atoms with Crippen LogP contribution in [0.15, 0.2) is 47.8 Å². The number of amides is 5. The summed E-state index contributed by atoms with van der Waals surface area (Å²) in [6.07, 6.45) is -0.556. The van der Waals surface area contributed by atoms with Gasteiger partial charge < -0.3 is 42.5 Å². The van der Waals surface area contributed by atoms with Gasteiger partial charge in [-0.3, -0.25) is 28.8 Å². The molecule has 0 radical (unpaired) electrons. The summed E-state index contributed by atoms with van der Waals surface area (Å²) in [6.45, 7) is 6.00. The molecule has 2 aromatic rings. The van der Waals surface area contributed by atoms with Crippen LogP contribution in [-0.4, -0.2) is 87.9 Å². The van der Waals surface area contributed by atoms with Crippen LogP contribution in [0.2, 0.25) is 0 Å². The van der Waals surface area contributed by atoms with Gasteiger partial charge in [0.05, 0.1) is 12.5 Å². The van der Waals surface area contributed by atoms with E-state index in [2.05, 4.69) is 26.6 Å². The predicted molar refractivity (Wildman–Crippen MR) is 172 cm³/mol. The van der Waals surface area contributed by atoms with E-state index < -0.39 is 90.1 Å². The minimum atomic E-state index is -1.40. The normalized spacial score (nSPS) is 14.8. The lowest BCUT2D eigenvalue weighted by Gasteiger charge is -2.25. The Morgan fingerprint density at radius 2 is 1.21 bits per heavy atom. The highest BCUT2D eigenvalue weighted by Crippen LogP contribution is 2.12. The van der Waals surface area contributed by atoms with Gasteiger partial charge in [0, 0.05) is 17.7 Å². The summed E-state index contributed by atoms with van der Waals surface area (Å²) in [4.78, 5) is 88.2. The van der Waals surface area contributed by atoms with Crippen molar-refractivity contribution < 1.29 is 43.8 Å². The van der Waals surface area contributed by atoms with Crippen LogP contribution in [0, 0.1) is 5.92 Å². The molecule has 0 saturated carbocycles. The number of carboxylic acid groups (broad SMARTS) is 2. The fourth-order valence-electron chi connectivity index (χ4n) is 4.31. The second-order valence-corrected chi connectivity index (χ2v) is 12.4. The van der Waals surface area contributed by atoms with E-state index in [1.807, 2.05) is 0 Å². The Kier molecular flexibility index (Phi) is 15.0. The molecule has 0 fully saturated rings. The fourth-order valence-corrected chi connectivity index (χ4v) is 5.06. The van der Waals surface area contributed by atoms with Gasteiger partial charge in [0.2, 0.25) is 29.5 Å². The predicted octanol–water partition coefficient (Wildman–Crippen LogP) is -0.460. The number of carbonyl (C=O) groups excluding carboxylic acids is 5. The van der Waals surface area contributed by atoms with E-state index >= 15 is 0 Å². The van der Waals surface area contributed by atoms with Crippen molar-refractivity contribution in [1.82, 2.24) is 26.6 Å². The molecular weight excluding hydrogens is 632 g/mol. The molecule has 0 saturated heterocycles. The zero-order valence-electron chi connectivity index (χ0n) is 26.5. The van der Waals surface area contributed by atoms with Crippen molar-refractivity contribution in [1.29, 1.82) is 0 Å². The molecular formula is C31H42N6O9S. The van der Waals surface area contributed by atoms with Crippen molar-refractivity contribution in [2.45, 2.75) is 83.2 Å². The highest BCUT2D eigenvalue weighted by molar-refractivity contribution is 7.09. The van der Waals surface area contributed by atoms with Gasteiger partial charge in [-0.15, -0.1) is 11.3 Å². The van der Waals surface area contributed by atoms with Crippen LogP contribution in [0.4, 0.5) is 0 Å². The van der Waals surface area contributed by atoms with Crippen molar-refractivity contribution >= 4 is 52.8 Å². The fraction of sp³-hybridized carbons (Fsp3) is 0.452. The molecule has 0 aliphatic carbocycles. The van der Waals surface area contributed by atoms with Crippen LogP contribution >= 0.6 is 11.3 Å². The van der Waals surface area contributed by atoms with Gasteiger partial charge in [0.1, 0.15) is 30.2 Å². The topological polar surface area (TPSA) is 246 Å². The Bertz CT molecular complexity index is 1400. The maximum absolute atomic E-state index is 13.1. The zero-order chi connectivity index (χ0) is 35.3. The van der Waals surface area contributed by atoms with Crippen molar-refractivity contribution in [3.05, 3.63) is 58.3 Å². The standard InChI is InChI=1S/C31H42N6O9S/c1-16(2)25(31(45)46)37-30(44)22(13-19-9-6-5-7-10-19)35-27(41)18(4)33-26(40)17(3)34-29(43)23(14-20-11-8-12-47-20)36-28(42)21(32)15-24(38)39/h5-12,16-18,21-23,25H,13-15,32H2,1-4H3,(H,33,40)(H,34,43)(H,35,41)(H,36,42)(H,37,44)(H,38,39)(H,45,46)/t17-,18-,21-,22-,23-,25-/m0/s1. The first-order valence-corrected chi connectivity index (χ1v) is 15.7. The van der Waals surface area contributed by atoms with Gasteiger partial charge >= 0.3 is 11.9 Å². The number of carbonyl (C=O) groups is 7. The van der Waals surface area contributed by atoms with E-state index in [1.165, 1.54) is 25.2 Å². The highest BCUT2D eigenvalue weighted by Gasteiger charge is 2.31. The first-order chi connectivity index (χ1) is 22.1. The van der Waals surface area contributed by atoms with E-state index in [1.54, 1.807) is 61.7 Å². The van der Waals surface area contributed by atoms with Gasteiger partial charge in [-0.2, -0.15) is 0 Å². The molecule has 0 aliphatic heterocycles. The number of rotatable bonds is 18. The maximum atomic E-state index is 13.1. The summed E-state index contributed by atoms with van der Waals surface area (Å²) < 4.78 is 0. The smallest absolute Gasteiger partial charge is 0.326 e. The molecule has 1 heterocycles. The van der Waals surface area contributed by atoms with Gasteiger partial charge in [0.15, 0.2) is 0 Å². The van der Waals surface area contributed by atoms with E-state index in [0.717, 1.165) is 4.88 Å². The average Bonchev–Trinajstić information content (AvgIpc) is 3.51. The summed E-state index contributed by atoms with van der Waals surface area (Å²) in [6, 6.07) is 4.94. The van der Waals surface area contributed by atoms with E-state index in [0.29, 0.717) is 5.56 Å². The second-order valence-electron chi connectivity index (χ2n) is 11.3. The number of benzene rings is 1. The molecule has 2 rings (SSSR count). The molecule has 256 valence electrons. The van der Waals surface area contributed by atoms with Crippen molar-refractivity contribution in [3.63, 3.8) is 0 Å². The Hall–Kier alpha value is -4.83. The van der Waals surface area contributed by atoms with E-state index in [-0.39, 0.29) is 12.8 Å². The maximum Gasteiger partial charge on any atom is 0.326 e. The monoisotopic (exact) mass is 674 g/mol. The van der Waals surface area contributed by atoms with Crippen LogP contribution in [0.3, 0.4) is 0 Å². The number of hydrogen-bond acceptors (Lipinski definition) is 9. The molecule has 5 amide bonds. The third kappa shape index (κ3) is 12.8. The number of thiophene rings is 1. The number of nitrogens with one attached hydrogen (secondary N) is 5. The lowest BCUT2D eigenvalue weighted by molar-refractivity contribution is -0.143. The molecule has 6 atom stereocenters. The van der Waals surface area contributed by atoms with E-state index in [4.69, 9.17) is 10.8 Å². The van der Waals surface area contributed by atoms with E-state index in [9.17, 15) is 38.7 Å². The van der Waals surface area contributed by atoms with Gasteiger partial charge in [-0.25, -0.2) is 4.79 Å². The van der Waals surface area contributed by atoms with Crippen LogP contribution in [0.1, 0.15) is 44.6 Å². The SMILES string of the molecule is CC(C)[C@H](NC(=O)[C@H](Cc1ccccc1)NC(=O)[C@H](C)NC(=O)[C@H](C)NC(=O)[C@H](Cc1cccs1)NC(=O)[C@@H](N)CC(=O)O)C(=O)O. The molecule has 1 aromatic carbocycles. The molecule has 0 unspecified atom stereocenters. The third-order valence-electron chi connectivity index (χ3n) is 7.00. The zero-order valence-corrected chi connectivity index (χ0v) is 27.3. The van der Waals surface area contributed by atoms with Crippen molar-refractivity contribution in [3.8, 4) is 0 Å². The Balaban J connectivity index is 2.09. The summed E-state index contributed by atoms with van der Waals surface area (Å²) >= 11 is 1.33. The molecule has 0 bridgehead atoms. The number of nitrogens with two attached hydrogens (primary N) is 1.